The third-order valence-electron chi connectivity index (χ3n) is 5.00. The van der Waals surface area contributed by atoms with Crippen LogP contribution in [-0.2, 0) is 10.0 Å². The molecule has 6 heteroatoms. The Morgan fingerprint density at radius 2 is 1.37 bits per heavy atom. The van der Waals surface area contributed by atoms with Gasteiger partial charge in [0.05, 0.1) is 10.6 Å². The van der Waals surface area contributed by atoms with E-state index < -0.39 is 10.0 Å². The minimum absolute atomic E-state index is 0.126. The summed E-state index contributed by atoms with van der Waals surface area (Å²) < 4.78 is 28.7. The highest BCUT2D eigenvalue weighted by atomic mass is 32.2. The molecule has 5 nitrogen and oxygen atoms in total. The summed E-state index contributed by atoms with van der Waals surface area (Å²) in [5.41, 5.74) is 5.85. The van der Waals surface area contributed by atoms with E-state index in [1.807, 2.05) is 58.0 Å². The minimum Gasteiger partial charge on any atom is -0.322 e. The normalized spacial score (nSPS) is 11.2. The number of carbonyl (C=O) groups excluding carboxylic acids is 1. The standard InChI is InChI=1S/C24H26N2O3S/c1-15-7-11-22(19(5)12-15)26-30(28,29)23-14-20(10-9-18(23)4)25-24(27)21-13-16(2)6-8-17(21)3/h6-14,26H,1-5H3,(H,25,27). The molecule has 0 aliphatic rings. The van der Waals surface area contributed by atoms with Gasteiger partial charge < -0.3 is 5.32 Å². The number of carbonyl (C=O) groups is 1. The van der Waals surface area contributed by atoms with Crippen molar-refractivity contribution >= 4 is 27.3 Å². The van der Waals surface area contributed by atoms with Crippen LogP contribution >= 0.6 is 0 Å². The maximum absolute atomic E-state index is 13.0. The molecule has 1 amide bonds. The molecule has 0 unspecified atom stereocenters. The van der Waals surface area contributed by atoms with Gasteiger partial charge in [-0.05, 0) is 75.6 Å². The van der Waals surface area contributed by atoms with Gasteiger partial charge in [-0.1, -0.05) is 41.5 Å². The smallest absolute Gasteiger partial charge is 0.262 e. The van der Waals surface area contributed by atoms with Crippen LogP contribution in [0.3, 0.4) is 0 Å². The van der Waals surface area contributed by atoms with Gasteiger partial charge in [0, 0.05) is 11.3 Å². The third kappa shape index (κ3) is 4.71. The van der Waals surface area contributed by atoms with Gasteiger partial charge in [0.15, 0.2) is 0 Å². The van der Waals surface area contributed by atoms with Crippen LogP contribution in [0.4, 0.5) is 11.4 Å². The molecule has 0 aliphatic heterocycles. The van der Waals surface area contributed by atoms with Crippen molar-refractivity contribution < 1.29 is 13.2 Å². The SMILES string of the molecule is Cc1ccc(NS(=O)(=O)c2cc(NC(=O)c3cc(C)ccc3C)ccc2C)c(C)c1. The molecule has 156 valence electrons. The van der Waals surface area contributed by atoms with Crippen molar-refractivity contribution in [2.75, 3.05) is 10.0 Å². The van der Waals surface area contributed by atoms with Gasteiger partial charge >= 0.3 is 0 Å². The van der Waals surface area contributed by atoms with Gasteiger partial charge in [-0.25, -0.2) is 8.42 Å². The van der Waals surface area contributed by atoms with E-state index in [0.29, 0.717) is 22.5 Å². The van der Waals surface area contributed by atoms with E-state index in [-0.39, 0.29) is 10.8 Å². The van der Waals surface area contributed by atoms with E-state index in [2.05, 4.69) is 10.0 Å². The number of nitrogens with one attached hydrogen (secondary N) is 2. The molecule has 0 aliphatic carbocycles. The summed E-state index contributed by atoms with van der Waals surface area (Å²) in [5.74, 6) is -0.272. The highest BCUT2D eigenvalue weighted by Gasteiger charge is 2.19. The second-order valence-corrected chi connectivity index (χ2v) is 9.33. The zero-order valence-corrected chi connectivity index (χ0v) is 18.6. The number of rotatable bonds is 5. The maximum atomic E-state index is 13.0. The van der Waals surface area contributed by atoms with Crippen molar-refractivity contribution in [1.82, 2.24) is 0 Å². The van der Waals surface area contributed by atoms with Crippen molar-refractivity contribution in [3.05, 3.63) is 88.0 Å². The van der Waals surface area contributed by atoms with Crippen LogP contribution in [0.1, 0.15) is 38.2 Å². The molecule has 0 heterocycles. The average Bonchev–Trinajstić information content (AvgIpc) is 2.67. The predicted molar refractivity (Wildman–Crippen MR) is 122 cm³/mol. The second kappa shape index (κ2) is 8.32. The summed E-state index contributed by atoms with van der Waals surface area (Å²) in [4.78, 5) is 12.9. The van der Waals surface area contributed by atoms with E-state index >= 15 is 0 Å². The first kappa shape index (κ1) is 21.6. The first-order valence-electron chi connectivity index (χ1n) is 9.66. The molecule has 0 radical (unpaired) electrons. The Morgan fingerprint density at radius 1 is 0.733 bits per heavy atom. The van der Waals surface area contributed by atoms with Crippen molar-refractivity contribution in [2.45, 2.75) is 39.5 Å². The summed E-state index contributed by atoms with van der Waals surface area (Å²) >= 11 is 0. The summed E-state index contributed by atoms with van der Waals surface area (Å²) in [7, 11) is -3.82. The molecule has 0 fully saturated rings. The predicted octanol–water partition coefficient (Wildman–Crippen LogP) is 5.28. The maximum Gasteiger partial charge on any atom is 0.262 e. The number of benzene rings is 3. The van der Waals surface area contributed by atoms with Gasteiger partial charge in [0.25, 0.3) is 15.9 Å². The molecule has 3 aromatic rings. The number of hydrogen-bond acceptors (Lipinski definition) is 3. The lowest BCUT2D eigenvalue weighted by molar-refractivity contribution is 0.102. The monoisotopic (exact) mass is 422 g/mol. The highest BCUT2D eigenvalue weighted by Crippen LogP contribution is 2.25. The second-order valence-electron chi connectivity index (χ2n) is 7.68. The molecule has 0 spiro atoms. The first-order chi connectivity index (χ1) is 14.1. The Bertz CT molecular complexity index is 1230. The Balaban J connectivity index is 1.90. The van der Waals surface area contributed by atoms with Gasteiger partial charge in [-0.15, -0.1) is 0 Å². The molecule has 0 aromatic heterocycles. The minimum atomic E-state index is -3.82. The van der Waals surface area contributed by atoms with Gasteiger partial charge in [0.2, 0.25) is 0 Å². The quantitative estimate of drug-likeness (QED) is 0.587. The van der Waals surface area contributed by atoms with Gasteiger partial charge in [-0.3, -0.25) is 9.52 Å². The Hall–Kier alpha value is -3.12. The van der Waals surface area contributed by atoms with Crippen LogP contribution in [0.15, 0.2) is 59.5 Å². The van der Waals surface area contributed by atoms with E-state index in [4.69, 9.17) is 0 Å². The molecule has 0 saturated heterocycles. The molecule has 2 N–H and O–H groups in total. The lowest BCUT2D eigenvalue weighted by Gasteiger charge is -2.15. The zero-order chi connectivity index (χ0) is 22.1. The van der Waals surface area contributed by atoms with Crippen LogP contribution < -0.4 is 10.0 Å². The Morgan fingerprint density at radius 3 is 2.07 bits per heavy atom. The van der Waals surface area contributed by atoms with Crippen LogP contribution in [0.25, 0.3) is 0 Å². The Kier molecular flexibility index (Phi) is 5.99. The van der Waals surface area contributed by atoms with Crippen molar-refractivity contribution in [2.24, 2.45) is 0 Å². The summed E-state index contributed by atoms with van der Waals surface area (Å²) in [6.45, 7) is 9.33. The number of sulfonamides is 1. The average molecular weight is 423 g/mol. The molecular weight excluding hydrogens is 396 g/mol. The molecule has 0 bridgehead atoms. The number of aryl methyl sites for hydroxylation is 5. The largest absolute Gasteiger partial charge is 0.322 e. The van der Waals surface area contributed by atoms with E-state index in [9.17, 15) is 13.2 Å². The summed E-state index contributed by atoms with van der Waals surface area (Å²) in [6, 6.07) is 16.1. The van der Waals surface area contributed by atoms with Crippen LogP contribution in [-0.4, -0.2) is 14.3 Å². The lowest BCUT2D eigenvalue weighted by Crippen LogP contribution is -2.17. The number of anilines is 2. The molecular formula is C24H26N2O3S. The fourth-order valence-corrected chi connectivity index (χ4v) is 4.68. The molecule has 30 heavy (non-hydrogen) atoms. The van der Waals surface area contributed by atoms with Gasteiger partial charge in [0.1, 0.15) is 0 Å². The Labute approximate surface area is 178 Å². The topological polar surface area (TPSA) is 75.3 Å². The molecule has 3 aromatic carbocycles. The van der Waals surface area contributed by atoms with Crippen molar-refractivity contribution in [3.8, 4) is 0 Å². The van der Waals surface area contributed by atoms with Crippen molar-refractivity contribution in [3.63, 3.8) is 0 Å². The summed E-state index contributed by atoms with van der Waals surface area (Å²) in [6.07, 6.45) is 0. The fourth-order valence-electron chi connectivity index (χ4n) is 3.27. The number of hydrogen-bond donors (Lipinski definition) is 2. The molecule has 0 saturated carbocycles. The summed E-state index contributed by atoms with van der Waals surface area (Å²) in [5, 5.41) is 2.82. The van der Waals surface area contributed by atoms with E-state index in [0.717, 1.165) is 22.3 Å². The van der Waals surface area contributed by atoms with Crippen LogP contribution in [0.5, 0.6) is 0 Å². The zero-order valence-electron chi connectivity index (χ0n) is 17.8. The third-order valence-corrected chi connectivity index (χ3v) is 6.51. The van der Waals surface area contributed by atoms with E-state index in [1.54, 1.807) is 25.1 Å². The molecule has 3 rings (SSSR count). The number of amides is 1. The highest BCUT2D eigenvalue weighted by molar-refractivity contribution is 7.92. The van der Waals surface area contributed by atoms with E-state index in [1.165, 1.54) is 6.07 Å². The lowest BCUT2D eigenvalue weighted by atomic mass is 10.0. The van der Waals surface area contributed by atoms with Crippen LogP contribution in [0.2, 0.25) is 0 Å². The van der Waals surface area contributed by atoms with Crippen molar-refractivity contribution in [1.29, 1.82) is 0 Å². The van der Waals surface area contributed by atoms with Gasteiger partial charge in [-0.2, -0.15) is 0 Å². The molecule has 0 atom stereocenters. The van der Waals surface area contributed by atoms with Crippen LogP contribution in [0, 0.1) is 34.6 Å². The first-order valence-corrected chi connectivity index (χ1v) is 11.1. The fraction of sp³-hybridized carbons (Fsp3) is 0.208.